The summed E-state index contributed by atoms with van der Waals surface area (Å²) in [6.07, 6.45) is 5.85. The van der Waals surface area contributed by atoms with Gasteiger partial charge in [0.25, 0.3) is 0 Å². The van der Waals surface area contributed by atoms with Crippen LogP contribution in [0.25, 0.3) is 0 Å². The van der Waals surface area contributed by atoms with Gasteiger partial charge in [-0.25, -0.2) is 0 Å². The summed E-state index contributed by atoms with van der Waals surface area (Å²) < 4.78 is 0. The van der Waals surface area contributed by atoms with Crippen LogP contribution in [0.3, 0.4) is 0 Å². The number of hydrogen-bond donors (Lipinski definition) is 2. The van der Waals surface area contributed by atoms with Gasteiger partial charge < -0.3 is 10.6 Å². The number of aromatic amines is 1. The third-order valence-electron chi connectivity index (χ3n) is 3.00. The van der Waals surface area contributed by atoms with Crippen molar-refractivity contribution in [2.75, 3.05) is 18.0 Å². The molecule has 1 aliphatic carbocycles. The average Bonchev–Trinajstić information content (AvgIpc) is 2.47. The number of H-pyrrole nitrogens is 1. The molecule has 0 unspecified atom stereocenters. The Morgan fingerprint density at radius 2 is 2.43 bits per heavy atom. The molecule has 0 bridgehead atoms. The van der Waals surface area contributed by atoms with Gasteiger partial charge in [0.15, 0.2) is 0 Å². The van der Waals surface area contributed by atoms with Crippen molar-refractivity contribution in [3.05, 3.63) is 11.9 Å². The zero-order chi connectivity index (χ0) is 9.97. The second-order valence-corrected chi connectivity index (χ2v) is 3.95. The molecule has 1 heterocycles. The lowest BCUT2D eigenvalue weighted by Crippen LogP contribution is -2.43. The van der Waals surface area contributed by atoms with Gasteiger partial charge in [-0.15, -0.1) is 0 Å². The Balaban J connectivity index is 2.13. The molecule has 0 aromatic carbocycles. The second kappa shape index (κ2) is 4.00. The molecule has 1 aromatic rings. The summed E-state index contributed by atoms with van der Waals surface area (Å²) in [5, 5.41) is 7.04. The monoisotopic (exact) mass is 194 g/mol. The van der Waals surface area contributed by atoms with E-state index >= 15 is 0 Å². The lowest BCUT2D eigenvalue weighted by atomic mass is 9.91. The van der Waals surface area contributed by atoms with Gasteiger partial charge in [-0.05, 0) is 26.2 Å². The summed E-state index contributed by atoms with van der Waals surface area (Å²) in [7, 11) is 0. The Morgan fingerprint density at radius 1 is 1.64 bits per heavy atom. The van der Waals surface area contributed by atoms with Gasteiger partial charge in [0, 0.05) is 19.1 Å². The molecule has 0 saturated heterocycles. The van der Waals surface area contributed by atoms with Crippen molar-refractivity contribution in [1.82, 2.24) is 10.2 Å². The van der Waals surface area contributed by atoms with E-state index in [1.54, 1.807) is 0 Å². The highest BCUT2D eigenvalue weighted by molar-refractivity contribution is 5.49. The molecule has 1 fully saturated rings. The first-order valence-corrected chi connectivity index (χ1v) is 5.29. The van der Waals surface area contributed by atoms with E-state index in [0.717, 1.165) is 12.2 Å². The smallest absolute Gasteiger partial charge is 0.0782 e. The molecule has 4 nitrogen and oxygen atoms in total. The molecule has 0 spiro atoms. The highest BCUT2D eigenvalue weighted by atomic mass is 15.2. The molecule has 1 saturated carbocycles. The maximum Gasteiger partial charge on any atom is 0.0782 e. The van der Waals surface area contributed by atoms with Crippen molar-refractivity contribution in [2.24, 2.45) is 5.73 Å². The molecular weight excluding hydrogens is 176 g/mol. The van der Waals surface area contributed by atoms with Gasteiger partial charge >= 0.3 is 0 Å². The van der Waals surface area contributed by atoms with Crippen LogP contribution in [-0.4, -0.2) is 29.3 Å². The molecule has 0 atom stereocenters. The van der Waals surface area contributed by atoms with Crippen molar-refractivity contribution in [1.29, 1.82) is 0 Å². The van der Waals surface area contributed by atoms with Crippen molar-refractivity contribution in [3.8, 4) is 0 Å². The molecule has 3 N–H and O–H groups in total. The first-order chi connectivity index (χ1) is 6.83. The van der Waals surface area contributed by atoms with Gasteiger partial charge in [0.05, 0.1) is 17.6 Å². The summed E-state index contributed by atoms with van der Waals surface area (Å²) in [5.74, 6) is 0. The Hall–Kier alpha value is -1.03. The summed E-state index contributed by atoms with van der Waals surface area (Å²) in [5.41, 5.74) is 8.00. The Morgan fingerprint density at radius 3 is 2.86 bits per heavy atom. The van der Waals surface area contributed by atoms with E-state index in [0.29, 0.717) is 12.6 Å². The lowest BCUT2D eigenvalue weighted by molar-refractivity contribution is 0.387. The Labute approximate surface area is 84.5 Å². The van der Waals surface area contributed by atoms with E-state index in [4.69, 9.17) is 5.73 Å². The number of aromatic nitrogens is 2. The van der Waals surface area contributed by atoms with Crippen LogP contribution in [0, 0.1) is 6.92 Å². The number of nitrogens with zero attached hydrogens (tertiary/aromatic N) is 2. The molecule has 2 rings (SSSR count). The molecule has 1 aromatic heterocycles. The third-order valence-corrected chi connectivity index (χ3v) is 3.00. The van der Waals surface area contributed by atoms with Crippen LogP contribution in [0.5, 0.6) is 0 Å². The van der Waals surface area contributed by atoms with E-state index in [9.17, 15) is 0 Å². The van der Waals surface area contributed by atoms with E-state index in [2.05, 4.69) is 22.0 Å². The van der Waals surface area contributed by atoms with Crippen LogP contribution in [0.1, 0.15) is 25.0 Å². The van der Waals surface area contributed by atoms with Crippen LogP contribution in [0.15, 0.2) is 6.20 Å². The van der Waals surface area contributed by atoms with Crippen molar-refractivity contribution < 1.29 is 0 Å². The fraction of sp³-hybridized carbons (Fsp3) is 0.700. The summed E-state index contributed by atoms with van der Waals surface area (Å²) in [4.78, 5) is 2.39. The fourth-order valence-corrected chi connectivity index (χ4v) is 1.97. The summed E-state index contributed by atoms with van der Waals surface area (Å²) in [6.45, 7) is 3.71. The topological polar surface area (TPSA) is 57.9 Å². The van der Waals surface area contributed by atoms with Gasteiger partial charge in [-0.1, -0.05) is 0 Å². The number of anilines is 1. The molecular formula is C10H18N4. The minimum absolute atomic E-state index is 0.690. The maximum absolute atomic E-state index is 5.63. The molecule has 78 valence electrons. The molecule has 1 aliphatic rings. The Kier molecular flexibility index (Phi) is 2.72. The van der Waals surface area contributed by atoms with Crippen molar-refractivity contribution >= 4 is 5.69 Å². The minimum Gasteiger partial charge on any atom is -0.365 e. The predicted molar refractivity (Wildman–Crippen MR) is 57.4 cm³/mol. The van der Waals surface area contributed by atoms with Gasteiger partial charge in [-0.2, -0.15) is 5.10 Å². The number of rotatable bonds is 4. The molecule has 0 radical (unpaired) electrons. The van der Waals surface area contributed by atoms with Crippen molar-refractivity contribution in [3.63, 3.8) is 0 Å². The second-order valence-electron chi connectivity index (χ2n) is 3.95. The number of aryl methyl sites for hydroxylation is 1. The Bertz CT molecular complexity index is 290. The van der Waals surface area contributed by atoms with E-state index < -0.39 is 0 Å². The largest absolute Gasteiger partial charge is 0.365 e. The predicted octanol–water partition coefficient (Wildman–Crippen LogP) is 1.04. The summed E-state index contributed by atoms with van der Waals surface area (Å²) >= 11 is 0. The van der Waals surface area contributed by atoms with E-state index in [-0.39, 0.29) is 0 Å². The number of nitrogens with one attached hydrogen (secondary N) is 1. The zero-order valence-corrected chi connectivity index (χ0v) is 8.66. The standard InChI is InChI=1S/C10H18N4/c1-8-10(7-12-13-8)14(6-5-11)9-3-2-4-9/h7,9H,2-6,11H2,1H3,(H,12,13). The highest BCUT2D eigenvalue weighted by Crippen LogP contribution is 2.30. The molecule has 4 heteroatoms. The van der Waals surface area contributed by atoms with Gasteiger partial charge in [-0.3, -0.25) is 5.10 Å². The van der Waals surface area contributed by atoms with Crippen LogP contribution in [0.4, 0.5) is 5.69 Å². The maximum atomic E-state index is 5.63. The molecule has 14 heavy (non-hydrogen) atoms. The number of nitrogens with two attached hydrogens (primary N) is 1. The zero-order valence-electron chi connectivity index (χ0n) is 8.66. The SMILES string of the molecule is Cc1[nH]ncc1N(CCN)C1CCC1. The third kappa shape index (κ3) is 1.62. The van der Waals surface area contributed by atoms with Crippen molar-refractivity contribution in [2.45, 2.75) is 32.2 Å². The minimum atomic E-state index is 0.690. The molecule has 0 aliphatic heterocycles. The van der Waals surface area contributed by atoms with Crippen LogP contribution in [0.2, 0.25) is 0 Å². The van der Waals surface area contributed by atoms with Gasteiger partial charge in [0.2, 0.25) is 0 Å². The first kappa shape index (κ1) is 9.52. The molecule has 0 amide bonds. The fourth-order valence-electron chi connectivity index (χ4n) is 1.97. The average molecular weight is 194 g/mol. The number of hydrogen-bond acceptors (Lipinski definition) is 3. The van der Waals surface area contributed by atoms with Crippen LogP contribution >= 0.6 is 0 Å². The lowest BCUT2D eigenvalue weighted by Gasteiger charge is -2.38. The quantitative estimate of drug-likeness (QED) is 0.753. The van der Waals surface area contributed by atoms with Crippen LogP contribution < -0.4 is 10.6 Å². The first-order valence-electron chi connectivity index (χ1n) is 5.29. The summed E-state index contributed by atoms with van der Waals surface area (Å²) in [6, 6.07) is 0.690. The van der Waals surface area contributed by atoms with Crippen LogP contribution in [-0.2, 0) is 0 Å². The van der Waals surface area contributed by atoms with E-state index in [1.165, 1.54) is 24.9 Å². The normalized spacial score (nSPS) is 16.7. The van der Waals surface area contributed by atoms with Gasteiger partial charge in [0.1, 0.15) is 0 Å². The highest BCUT2D eigenvalue weighted by Gasteiger charge is 2.26. The van der Waals surface area contributed by atoms with E-state index in [1.807, 2.05) is 6.20 Å².